The van der Waals surface area contributed by atoms with Crippen LogP contribution >= 0.6 is 0 Å². The van der Waals surface area contributed by atoms with Gasteiger partial charge in [0.25, 0.3) is 0 Å². The molecule has 4 N–H and O–H groups in total. The van der Waals surface area contributed by atoms with Gasteiger partial charge in [0.15, 0.2) is 5.84 Å². The minimum atomic E-state index is -0.389. The minimum absolute atomic E-state index is 0.179. The highest BCUT2D eigenvalue weighted by atomic mass is 15.4. The third-order valence-corrected chi connectivity index (χ3v) is 2.27. The van der Waals surface area contributed by atoms with Crippen LogP contribution in [0.2, 0.25) is 0 Å². The van der Waals surface area contributed by atoms with Crippen LogP contribution in [0, 0.1) is 16.7 Å². The van der Waals surface area contributed by atoms with Gasteiger partial charge in [-0.15, -0.1) is 5.10 Å². The molecule has 1 aromatic heterocycles. The molecule has 0 fully saturated rings. The Bertz CT molecular complexity index is 675. The number of hydrogen-bond acceptors (Lipinski definition) is 6. The molecule has 0 atom stereocenters. The van der Waals surface area contributed by atoms with Crippen LogP contribution in [0.4, 0.5) is 5.69 Å². The molecule has 2 rings (SSSR count). The van der Waals surface area contributed by atoms with E-state index in [9.17, 15) is 0 Å². The van der Waals surface area contributed by atoms with Crippen molar-refractivity contribution in [2.45, 2.75) is 0 Å². The average Bonchev–Trinajstić information content (AvgIpc) is 2.72. The topological polar surface area (TPSA) is 129 Å². The van der Waals surface area contributed by atoms with E-state index in [-0.39, 0.29) is 11.5 Å². The summed E-state index contributed by atoms with van der Waals surface area (Å²) < 4.78 is 1.59. The van der Waals surface area contributed by atoms with E-state index in [1.807, 2.05) is 6.07 Å². The van der Waals surface area contributed by atoms with Gasteiger partial charge in [0, 0.05) is 7.05 Å². The number of para-hydroxylation sites is 1. The van der Waals surface area contributed by atoms with Crippen LogP contribution in [0.1, 0.15) is 0 Å². The van der Waals surface area contributed by atoms with Gasteiger partial charge in [-0.05, 0) is 12.1 Å². The molecule has 1 aromatic carbocycles. The van der Waals surface area contributed by atoms with Crippen molar-refractivity contribution in [3.8, 4) is 6.07 Å². The van der Waals surface area contributed by atoms with E-state index >= 15 is 0 Å². The number of amidine groups is 1. The fraction of sp³-hybridized carbons (Fsp3) is 0.100. The molecule has 2 aromatic rings. The molecule has 0 spiro atoms. The van der Waals surface area contributed by atoms with Gasteiger partial charge in [-0.3, -0.25) is 10.8 Å². The second kappa shape index (κ2) is 4.50. The Morgan fingerprint density at radius 2 is 2.39 bits per heavy atom. The molecule has 0 aliphatic heterocycles. The molecule has 18 heavy (non-hydrogen) atoms. The predicted octanol–water partition coefficient (Wildman–Crippen LogP) is 0.196. The summed E-state index contributed by atoms with van der Waals surface area (Å²) >= 11 is 0. The zero-order valence-corrected chi connectivity index (χ0v) is 9.55. The van der Waals surface area contributed by atoms with Gasteiger partial charge in [0.1, 0.15) is 17.1 Å². The summed E-state index contributed by atoms with van der Waals surface area (Å²) in [6, 6.07) is 7.10. The van der Waals surface area contributed by atoms with Gasteiger partial charge in [-0.25, -0.2) is 4.68 Å². The number of hydrogen-bond donors (Lipinski definition) is 3. The van der Waals surface area contributed by atoms with E-state index in [0.29, 0.717) is 11.2 Å². The Hall–Kier alpha value is -2.95. The highest BCUT2D eigenvalue weighted by Crippen LogP contribution is 2.20. The van der Waals surface area contributed by atoms with Gasteiger partial charge in [0.2, 0.25) is 5.71 Å². The van der Waals surface area contributed by atoms with Gasteiger partial charge in [0.05, 0.1) is 5.69 Å². The number of nitrogens with zero attached hydrogens (tertiary/aromatic N) is 5. The average molecular weight is 242 g/mol. The lowest BCUT2D eigenvalue weighted by molar-refractivity contribution is 0.736. The van der Waals surface area contributed by atoms with Gasteiger partial charge >= 0.3 is 0 Å². The van der Waals surface area contributed by atoms with Gasteiger partial charge in [-0.2, -0.15) is 10.4 Å². The number of aromatic nitrogens is 3. The number of rotatable bonds is 3. The monoisotopic (exact) mass is 242 g/mol. The predicted molar refractivity (Wildman–Crippen MR) is 67.1 cm³/mol. The summed E-state index contributed by atoms with van der Waals surface area (Å²) in [5.74, 6) is -0.389. The lowest BCUT2D eigenvalue weighted by Gasteiger charge is -2.03. The number of benzene rings is 1. The maximum atomic E-state index is 8.73. The van der Waals surface area contributed by atoms with E-state index in [4.69, 9.17) is 16.4 Å². The molecule has 0 radical (unpaired) electrons. The fourth-order valence-corrected chi connectivity index (χ4v) is 1.46. The second-order valence-corrected chi connectivity index (χ2v) is 3.48. The van der Waals surface area contributed by atoms with Gasteiger partial charge < -0.3 is 5.73 Å². The largest absolute Gasteiger partial charge is 0.382 e. The summed E-state index contributed by atoms with van der Waals surface area (Å²) in [7, 11) is 1.75. The van der Waals surface area contributed by atoms with Crippen LogP contribution in [0.15, 0.2) is 23.3 Å². The van der Waals surface area contributed by atoms with Crippen LogP contribution in [0.5, 0.6) is 0 Å². The lowest BCUT2D eigenvalue weighted by atomic mass is 10.3. The van der Waals surface area contributed by atoms with E-state index in [1.54, 1.807) is 29.9 Å². The molecule has 1 heterocycles. The summed E-state index contributed by atoms with van der Waals surface area (Å²) in [4.78, 5) is 0. The Morgan fingerprint density at radius 3 is 3.06 bits per heavy atom. The van der Waals surface area contributed by atoms with Crippen molar-refractivity contribution in [3.63, 3.8) is 0 Å². The molecular formula is C10H10N8. The zero-order valence-electron chi connectivity index (χ0n) is 9.55. The van der Waals surface area contributed by atoms with Crippen LogP contribution in [-0.2, 0) is 7.05 Å². The van der Waals surface area contributed by atoms with E-state index in [1.165, 1.54) is 0 Å². The summed E-state index contributed by atoms with van der Waals surface area (Å²) in [6.07, 6.45) is 0. The molecule has 8 heteroatoms. The number of aryl methyl sites for hydroxylation is 1. The van der Waals surface area contributed by atoms with Crippen molar-refractivity contribution in [2.75, 3.05) is 5.43 Å². The molecule has 0 aliphatic carbocycles. The van der Waals surface area contributed by atoms with E-state index in [0.717, 1.165) is 5.52 Å². The molecule has 0 amide bonds. The smallest absolute Gasteiger partial charge is 0.201 e. The number of nitrogens with one attached hydrogen (secondary N) is 2. The van der Waals surface area contributed by atoms with Crippen LogP contribution in [0.3, 0.4) is 0 Å². The van der Waals surface area contributed by atoms with Crippen LogP contribution in [-0.4, -0.2) is 26.5 Å². The van der Waals surface area contributed by atoms with Crippen molar-refractivity contribution in [1.82, 2.24) is 15.0 Å². The molecule has 0 aliphatic rings. The van der Waals surface area contributed by atoms with Crippen LogP contribution < -0.4 is 11.2 Å². The first-order chi connectivity index (χ1) is 8.63. The quantitative estimate of drug-likeness (QED) is 0.402. The van der Waals surface area contributed by atoms with Gasteiger partial charge in [-0.1, -0.05) is 11.3 Å². The second-order valence-electron chi connectivity index (χ2n) is 3.48. The van der Waals surface area contributed by atoms with Crippen LogP contribution in [0.25, 0.3) is 11.0 Å². The Balaban J connectivity index is 2.41. The minimum Gasteiger partial charge on any atom is -0.382 e. The summed E-state index contributed by atoms with van der Waals surface area (Å²) in [5.41, 5.74) is 9.80. The third kappa shape index (κ3) is 1.97. The number of anilines is 1. The first-order valence-corrected chi connectivity index (χ1v) is 5.00. The summed E-state index contributed by atoms with van der Waals surface area (Å²) in [5, 5.41) is 27.5. The van der Waals surface area contributed by atoms with E-state index < -0.39 is 0 Å². The fourth-order valence-electron chi connectivity index (χ4n) is 1.46. The highest BCUT2D eigenvalue weighted by Gasteiger charge is 2.07. The zero-order chi connectivity index (χ0) is 13.1. The molecule has 0 unspecified atom stereocenters. The summed E-state index contributed by atoms with van der Waals surface area (Å²) in [6.45, 7) is 0. The Morgan fingerprint density at radius 1 is 1.61 bits per heavy atom. The molecule has 0 bridgehead atoms. The molecule has 8 nitrogen and oxygen atoms in total. The van der Waals surface area contributed by atoms with Crippen molar-refractivity contribution in [1.29, 1.82) is 10.7 Å². The van der Waals surface area contributed by atoms with Crippen molar-refractivity contribution in [3.05, 3.63) is 18.2 Å². The SMILES string of the molecule is Cn1nnc2cccc(N/N=C(\C#N)C(=N)N)c21. The number of hydrazone groups is 1. The number of nitrogens with two attached hydrogens (primary N) is 1. The maximum absolute atomic E-state index is 8.73. The Labute approximate surface area is 102 Å². The first kappa shape index (κ1) is 11.5. The Kier molecular flexibility index (Phi) is 2.89. The standard InChI is InChI=1S/C10H10N8/c1-18-9-6(3-2-4-7(9)16-17-18)14-15-8(5-11)10(12)13/h2-4,14H,1H3,(H3,12,13)/b15-8+. The first-order valence-electron chi connectivity index (χ1n) is 5.00. The highest BCUT2D eigenvalue weighted by molar-refractivity contribution is 6.45. The normalized spacial score (nSPS) is 11.2. The lowest BCUT2D eigenvalue weighted by Crippen LogP contribution is -2.21. The molecular weight excluding hydrogens is 232 g/mol. The van der Waals surface area contributed by atoms with Crippen molar-refractivity contribution < 1.29 is 0 Å². The maximum Gasteiger partial charge on any atom is 0.201 e. The molecule has 0 saturated carbocycles. The number of nitriles is 1. The molecule has 0 saturated heterocycles. The molecule has 90 valence electrons. The third-order valence-electron chi connectivity index (χ3n) is 2.27. The van der Waals surface area contributed by atoms with Crippen molar-refractivity contribution in [2.24, 2.45) is 17.9 Å². The van der Waals surface area contributed by atoms with E-state index in [2.05, 4.69) is 20.8 Å². The number of fused-ring (bicyclic) bond motifs is 1. The van der Waals surface area contributed by atoms with Crippen molar-refractivity contribution >= 4 is 28.3 Å².